The van der Waals surface area contributed by atoms with E-state index in [1.165, 1.54) is 5.56 Å². The molecule has 0 amide bonds. The van der Waals surface area contributed by atoms with Crippen LogP contribution < -0.4 is 5.73 Å². The predicted octanol–water partition coefficient (Wildman–Crippen LogP) is 1.40. The highest BCUT2D eigenvalue weighted by Gasteiger charge is 2.40. The SMILES string of the molecule is NC[C@@H]1CN(S(=O)(=O)CC2CC2)C[C@H]1c1ccccc1. The number of nitrogens with zero attached hydrogens (tertiary/aromatic N) is 1. The standard InChI is InChI=1S/C15H22N2O2S/c16-8-14-9-17(20(18,19)11-12-6-7-12)10-15(14)13-4-2-1-3-5-13/h1-5,12,14-15H,6-11,16H2/t14-,15+/m1/s1. The molecule has 0 radical (unpaired) electrons. The lowest BCUT2D eigenvalue weighted by molar-refractivity contribution is 0.457. The summed E-state index contributed by atoms with van der Waals surface area (Å²) in [6, 6.07) is 10.1. The fourth-order valence-electron chi connectivity index (χ4n) is 3.06. The van der Waals surface area contributed by atoms with E-state index in [1.807, 2.05) is 18.2 Å². The predicted molar refractivity (Wildman–Crippen MR) is 79.8 cm³/mol. The Labute approximate surface area is 121 Å². The van der Waals surface area contributed by atoms with Gasteiger partial charge in [-0.3, -0.25) is 0 Å². The second-order valence-electron chi connectivity index (χ2n) is 6.05. The minimum absolute atomic E-state index is 0.228. The van der Waals surface area contributed by atoms with E-state index in [9.17, 15) is 8.42 Å². The van der Waals surface area contributed by atoms with Gasteiger partial charge in [-0.1, -0.05) is 30.3 Å². The number of nitrogens with two attached hydrogens (primary N) is 1. The number of hydrogen-bond donors (Lipinski definition) is 1. The quantitative estimate of drug-likeness (QED) is 0.893. The first kappa shape index (κ1) is 14.0. The molecule has 2 N–H and O–H groups in total. The molecular weight excluding hydrogens is 272 g/mol. The second kappa shape index (κ2) is 5.47. The van der Waals surface area contributed by atoms with Gasteiger partial charge in [-0.25, -0.2) is 12.7 Å². The topological polar surface area (TPSA) is 63.4 Å². The largest absolute Gasteiger partial charge is 0.330 e. The van der Waals surface area contributed by atoms with Gasteiger partial charge in [-0.2, -0.15) is 0 Å². The Hall–Kier alpha value is -0.910. The molecule has 4 nitrogen and oxygen atoms in total. The van der Waals surface area contributed by atoms with Crippen LogP contribution in [0.4, 0.5) is 0 Å². The van der Waals surface area contributed by atoms with Crippen LogP contribution >= 0.6 is 0 Å². The summed E-state index contributed by atoms with van der Waals surface area (Å²) in [5.74, 6) is 1.18. The third-order valence-corrected chi connectivity index (χ3v) is 6.45. The van der Waals surface area contributed by atoms with Gasteiger partial charge in [0.15, 0.2) is 0 Å². The molecule has 5 heteroatoms. The molecule has 2 aliphatic rings. The zero-order chi connectivity index (χ0) is 14.2. The van der Waals surface area contributed by atoms with Crippen molar-refractivity contribution < 1.29 is 8.42 Å². The summed E-state index contributed by atoms with van der Waals surface area (Å²) in [5.41, 5.74) is 7.06. The third-order valence-electron chi connectivity index (χ3n) is 4.47. The van der Waals surface area contributed by atoms with E-state index in [1.54, 1.807) is 4.31 Å². The molecule has 0 spiro atoms. The molecule has 0 unspecified atom stereocenters. The molecule has 3 rings (SSSR count). The van der Waals surface area contributed by atoms with Crippen LogP contribution in [0.5, 0.6) is 0 Å². The zero-order valence-corrected chi connectivity index (χ0v) is 12.4. The first-order chi connectivity index (χ1) is 9.60. The maximum absolute atomic E-state index is 12.4. The van der Waals surface area contributed by atoms with Crippen molar-refractivity contribution in [1.29, 1.82) is 0 Å². The van der Waals surface area contributed by atoms with Crippen LogP contribution in [0.3, 0.4) is 0 Å². The molecule has 1 aromatic carbocycles. The molecule has 1 aliphatic heterocycles. The number of sulfonamides is 1. The molecule has 110 valence electrons. The minimum Gasteiger partial charge on any atom is -0.330 e. The Bertz CT molecular complexity index is 554. The molecule has 0 aromatic heterocycles. The lowest BCUT2D eigenvalue weighted by Crippen LogP contribution is -2.32. The molecule has 1 aromatic rings. The van der Waals surface area contributed by atoms with Gasteiger partial charge in [0, 0.05) is 19.0 Å². The van der Waals surface area contributed by atoms with Crippen molar-refractivity contribution in [3.63, 3.8) is 0 Å². The smallest absolute Gasteiger partial charge is 0.214 e. The molecule has 1 saturated heterocycles. The van der Waals surface area contributed by atoms with Gasteiger partial charge in [0.25, 0.3) is 0 Å². The van der Waals surface area contributed by atoms with Gasteiger partial charge in [0.1, 0.15) is 0 Å². The zero-order valence-electron chi connectivity index (χ0n) is 11.6. The Morgan fingerprint density at radius 1 is 1.15 bits per heavy atom. The molecule has 0 bridgehead atoms. The number of rotatable bonds is 5. The first-order valence-corrected chi connectivity index (χ1v) is 8.94. The molecule has 1 aliphatic carbocycles. The van der Waals surface area contributed by atoms with Gasteiger partial charge < -0.3 is 5.73 Å². The van der Waals surface area contributed by atoms with Crippen LogP contribution in [-0.2, 0) is 10.0 Å². The van der Waals surface area contributed by atoms with Gasteiger partial charge in [-0.05, 0) is 36.8 Å². The van der Waals surface area contributed by atoms with Crippen LogP contribution in [0.2, 0.25) is 0 Å². The van der Waals surface area contributed by atoms with Gasteiger partial charge in [0.2, 0.25) is 10.0 Å². The average molecular weight is 294 g/mol. The van der Waals surface area contributed by atoms with E-state index < -0.39 is 10.0 Å². The lowest BCUT2D eigenvalue weighted by Gasteiger charge is -2.16. The third kappa shape index (κ3) is 2.90. The van der Waals surface area contributed by atoms with Gasteiger partial charge >= 0.3 is 0 Å². The summed E-state index contributed by atoms with van der Waals surface area (Å²) in [5, 5.41) is 0. The van der Waals surface area contributed by atoms with E-state index >= 15 is 0 Å². The van der Waals surface area contributed by atoms with Crippen LogP contribution in [0.25, 0.3) is 0 Å². The van der Waals surface area contributed by atoms with Crippen LogP contribution in [-0.4, -0.2) is 38.1 Å². The van der Waals surface area contributed by atoms with Crippen LogP contribution in [0.1, 0.15) is 24.3 Å². The number of benzene rings is 1. The second-order valence-corrected chi connectivity index (χ2v) is 8.07. The summed E-state index contributed by atoms with van der Waals surface area (Å²) in [7, 11) is -3.10. The Kier molecular flexibility index (Phi) is 3.84. The molecule has 2 fully saturated rings. The minimum atomic E-state index is -3.10. The Morgan fingerprint density at radius 3 is 2.45 bits per heavy atom. The fraction of sp³-hybridized carbons (Fsp3) is 0.600. The van der Waals surface area contributed by atoms with E-state index in [4.69, 9.17) is 5.73 Å². The number of hydrogen-bond acceptors (Lipinski definition) is 3. The highest BCUT2D eigenvalue weighted by Crippen LogP contribution is 2.36. The summed E-state index contributed by atoms with van der Waals surface area (Å²) in [4.78, 5) is 0. The summed E-state index contributed by atoms with van der Waals surface area (Å²) >= 11 is 0. The normalized spacial score (nSPS) is 27.9. The van der Waals surface area contributed by atoms with E-state index in [-0.39, 0.29) is 11.8 Å². The highest BCUT2D eigenvalue weighted by atomic mass is 32.2. The average Bonchev–Trinajstić information content (AvgIpc) is 3.13. The van der Waals surface area contributed by atoms with E-state index in [0.717, 1.165) is 12.8 Å². The molecular formula is C15H22N2O2S. The lowest BCUT2D eigenvalue weighted by atomic mass is 9.89. The van der Waals surface area contributed by atoms with Crippen LogP contribution in [0, 0.1) is 11.8 Å². The first-order valence-electron chi connectivity index (χ1n) is 7.33. The van der Waals surface area contributed by atoms with Crippen molar-refractivity contribution >= 4 is 10.0 Å². The van der Waals surface area contributed by atoms with E-state index in [0.29, 0.717) is 31.3 Å². The molecule has 20 heavy (non-hydrogen) atoms. The van der Waals surface area contributed by atoms with Crippen molar-refractivity contribution in [3.05, 3.63) is 35.9 Å². The highest BCUT2D eigenvalue weighted by molar-refractivity contribution is 7.89. The van der Waals surface area contributed by atoms with E-state index in [2.05, 4.69) is 12.1 Å². The summed E-state index contributed by atoms with van der Waals surface area (Å²) in [6.45, 7) is 1.70. The Morgan fingerprint density at radius 2 is 1.85 bits per heavy atom. The van der Waals surface area contributed by atoms with Crippen molar-refractivity contribution in [3.8, 4) is 0 Å². The van der Waals surface area contributed by atoms with Gasteiger partial charge in [-0.15, -0.1) is 0 Å². The molecule has 2 atom stereocenters. The monoisotopic (exact) mass is 294 g/mol. The maximum Gasteiger partial charge on any atom is 0.214 e. The Balaban J connectivity index is 1.77. The van der Waals surface area contributed by atoms with Crippen molar-refractivity contribution in [1.82, 2.24) is 4.31 Å². The van der Waals surface area contributed by atoms with Crippen molar-refractivity contribution in [2.75, 3.05) is 25.4 Å². The fourth-order valence-corrected chi connectivity index (χ4v) is 5.01. The molecule has 1 heterocycles. The maximum atomic E-state index is 12.4. The molecule has 1 saturated carbocycles. The van der Waals surface area contributed by atoms with Crippen LogP contribution in [0.15, 0.2) is 30.3 Å². The summed E-state index contributed by atoms with van der Waals surface area (Å²) < 4.78 is 26.5. The van der Waals surface area contributed by atoms with Gasteiger partial charge in [0.05, 0.1) is 5.75 Å². The summed E-state index contributed by atoms with van der Waals surface area (Å²) in [6.07, 6.45) is 2.13. The van der Waals surface area contributed by atoms with Crippen molar-refractivity contribution in [2.45, 2.75) is 18.8 Å². The van der Waals surface area contributed by atoms with Crippen molar-refractivity contribution in [2.24, 2.45) is 17.6 Å².